The highest BCUT2D eigenvalue weighted by molar-refractivity contribution is 5.95. The summed E-state index contributed by atoms with van der Waals surface area (Å²) in [6, 6.07) is 3.42. The van der Waals surface area contributed by atoms with Crippen LogP contribution in [0.5, 0.6) is 11.5 Å². The number of nitrogen functional groups attached to an aromatic ring is 1. The van der Waals surface area contributed by atoms with Gasteiger partial charge in [0.2, 0.25) is 0 Å². The molecule has 1 aromatic carbocycles. The number of aromatic nitrogens is 2. The Morgan fingerprint density at radius 1 is 1.30 bits per heavy atom. The first kappa shape index (κ1) is 14.2. The summed E-state index contributed by atoms with van der Waals surface area (Å²) >= 11 is 0. The van der Waals surface area contributed by atoms with Crippen molar-refractivity contribution in [3.05, 3.63) is 22.6 Å². The predicted octanol–water partition coefficient (Wildman–Crippen LogP) is 1.80. The van der Waals surface area contributed by atoms with Crippen molar-refractivity contribution in [2.45, 2.75) is 26.3 Å². The van der Waals surface area contributed by atoms with Crippen molar-refractivity contribution in [2.75, 3.05) is 20.0 Å². The van der Waals surface area contributed by atoms with E-state index in [9.17, 15) is 4.79 Å². The van der Waals surface area contributed by atoms with Crippen molar-refractivity contribution in [1.29, 1.82) is 0 Å². The van der Waals surface area contributed by atoms with Crippen molar-refractivity contribution < 1.29 is 9.47 Å². The Labute approximate surface area is 117 Å². The van der Waals surface area contributed by atoms with E-state index in [1.807, 2.05) is 0 Å². The number of hydrogen-bond acceptors (Lipinski definition) is 5. The summed E-state index contributed by atoms with van der Waals surface area (Å²) in [5.74, 6) is 1.43. The molecule has 0 bridgehead atoms. The third-order valence-electron chi connectivity index (χ3n) is 3.25. The summed E-state index contributed by atoms with van der Waals surface area (Å²) in [6.45, 7) is 2.60. The minimum atomic E-state index is -0.337. The van der Waals surface area contributed by atoms with Gasteiger partial charge in [-0.05, 0) is 18.6 Å². The Kier molecular flexibility index (Phi) is 4.12. The number of ether oxygens (including phenoxy) is 2. The molecule has 0 aliphatic carbocycles. The summed E-state index contributed by atoms with van der Waals surface area (Å²) < 4.78 is 12.1. The van der Waals surface area contributed by atoms with E-state index in [2.05, 4.69) is 11.9 Å². The van der Waals surface area contributed by atoms with E-state index in [0.717, 1.165) is 12.8 Å². The van der Waals surface area contributed by atoms with Gasteiger partial charge in [0.1, 0.15) is 5.82 Å². The van der Waals surface area contributed by atoms with Crippen LogP contribution in [0.3, 0.4) is 0 Å². The topological polar surface area (TPSA) is 79.4 Å². The maximum atomic E-state index is 12.0. The van der Waals surface area contributed by atoms with Gasteiger partial charge in [-0.15, -0.1) is 0 Å². The summed E-state index contributed by atoms with van der Waals surface area (Å²) in [6.07, 6.45) is 1.84. The molecule has 0 amide bonds. The molecule has 0 radical (unpaired) electrons. The fourth-order valence-corrected chi connectivity index (χ4v) is 2.19. The van der Waals surface area contributed by atoms with E-state index in [1.165, 1.54) is 11.7 Å². The smallest absolute Gasteiger partial charge is 0.349 e. The number of anilines is 1. The Bertz CT molecular complexity index is 679. The molecule has 6 nitrogen and oxygen atoms in total. The van der Waals surface area contributed by atoms with Gasteiger partial charge < -0.3 is 15.2 Å². The molecule has 0 spiro atoms. The molecule has 2 aromatic rings. The highest BCUT2D eigenvalue weighted by Crippen LogP contribution is 2.37. The van der Waals surface area contributed by atoms with Crippen molar-refractivity contribution in [2.24, 2.45) is 0 Å². The lowest BCUT2D eigenvalue weighted by atomic mass is 10.2. The standard InChI is InChI=1S/C14H19N3O3/c1-4-5-8-17-13(15)11-9(16-14(17)18)6-7-10(19-2)12(11)20-3/h6-7H,4-5,8,15H2,1-3H3. The van der Waals surface area contributed by atoms with Crippen LogP contribution in [0.2, 0.25) is 0 Å². The van der Waals surface area contributed by atoms with Gasteiger partial charge >= 0.3 is 5.69 Å². The molecule has 0 aliphatic rings. The van der Waals surface area contributed by atoms with Crippen LogP contribution in [0.4, 0.5) is 5.82 Å². The van der Waals surface area contributed by atoms with Crippen LogP contribution in [0, 0.1) is 0 Å². The lowest BCUT2D eigenvalue weighted by molar-refractivity contribution is 0.358. The van der Waals surface area contributed by atoms with Gasteiger partial charge in [-0.2, -0.15) is 4.98 Å². The molecule has 0 aliphatic heterocycles. The number of fused-ring (bicyclic) bond motifs is 1. The Morgan fingerprint density at radius 3 is 2.65 bits per heavy atom. The van der Waals surface area contributed by atoms with Gasteiger partial charge in [-0.3, -0.25) is 4.57 Å². The zero-order chi connectivity index (χ0) is 14.7. The fourth-order valence-electron chi connectivity index (χ4n) is 2.19. The van der Waals surface area contributed by atoms with Crippen molar-refractivity contribution >= 4 is 16.7 Å². The Balaban J connectivity index is 2.76. The lowest BCUT2D eigenvalue weighted by Crippen LogP contribution is -2.26. The Morgan fingerprint density at radius 2 is 2.05 bits per heavy atom. The molecule has 0 saturated heterocycles. The van der Waals surface area contributed by atoms with E-state index < -0.39 is 0 Å². The molecule has 0 unspecified atom stereocenters. The lowest BCUT2D eigenvalue weighted by Gasteiger charge is -2.15. The van der Waals surface area contributed by atoms with E-state index >= 15 is 0 Å². The number of nitrogens with two attached hydrogens (primary N) is 1. The van der Waals surface area contributed by atoms with Gasteiger partial charge in [-0.1, -0.05) is 13.3 Å². The van der Waals surface area contributed by atoms with Crippen molar-refractivity contribution in [3.63, 3.8) is 0 Å². The number of unbranched alkanes of at least 4 members (excludes halogenated alkanes) is 1. The molecule has 20 heavy (non-hydrogen) atoms. The third kappa shape index (κ3) is 2.29. The molecule has 6 heteroatoms. The first-order valence-electron chi connectivity index (χ1n) is 6.55. The van der Waals surface area contributed by atoms with Gasteiger partial charge in [-0.25, -0.2) is 4.79 Å². The normalized spacial score (nSPS) is 10.8. The molecule has 108 valence electrons. The summed E-state index contributed by atoms with van der Waals surface area (Å²) in [5, 5.41) is 0.613. The second-order valence-corrected chi connectivity index (χ2v) is 4.48. The first-order valence-corrected chi connectivity index (χ1v) is 6.55. The third-order valence-corrected chi connectivity index (χ3v) is 3.25. The number of rotatable bonds is 5. The highest BCUT2D eigenvalue weighted by atomic mass is 16.5. The minimum Gasteiger partial charge on any atom is -0.493 e. The van der Waals surface area contributed by atoms with Crippen LogP contribution in [0.15, 0.2) is 16.9 Å². The van der Waals surface area contributed by atoms with Gasteiger partial charge in [0.15, 0.2) is 11.5 Å². The summed E-state index contributed by atoms with van der Waals surface area (Å²) in [5.41, 5.74) is 6.32. The van der Waals surface area contributed by atoms with E-state index in [-0.39, 0.29) is 5.69 Å². The second-order valence-electron chi connectivity index (χ2n) is 4.48. The quantitative estimate of drug-likeness (QED) is 0.901. The van der Waals surface area contributed by atoms with Crippen molar-refractivity contribution in [3.8, 4) is 11.5 Å². The van der Waals surface area contributed by atoms with Crippen LogP contribution >= 0.6 is 0 Å². The average molecular weight is 277 g/mol. The van der Waals surface area contributed by atoms with Crippen LogP contribution in [0.1, 0.15) is 19.8 Å². The van der Waals surface area contributed by atoms with Crippen LogP contribution < -0.4 is 20.9 Å². The minimum absolute atomic E-state index is 0.337. The zero-order valence-electron chi connectivity index (χ0n) is 12.0. The molecule has 2 rings (SSSR count). The number of hydrogen-bond donors (Lipinski definition) is 1. The van der Waals surface area contributed by atoms with E-state index in [4.69, 9.17) is 15.2 Å². The van der Waals surface area contributed by atoms with E-state index in [0.29, 0.717) is 34.8 Å². The number of nitrogens with zero attached hydrogens (tertiary/aromatic N) is 2. The zero-order valence-corrected chi connectivity index (χ0v) is 12.0. The average Bonchev–Trinajstić information content (AvgIpc) is 2.45. The van der Waals surface area contributed by atoms with Gasteiger partial charge in [0.05, 0.1) is 25.1 Å². The molecule has 0 atom stereocenters. The first-order chi connectivity index (χ1) is 9.63. The number of benzene rings is 1. The maximum absolute atomic E-state index is 12.0. The van der Waals surface area contributed by atoms with Gasteiger partial charge in [0.25, 0.3) is 0 Å². The van der Waals surface area contributed by atoms with E-state index in [1.54, 1.807) is 19.2 Å². The van der Waals surface area contributed by atoms with Crippen LogP contribution in [0.25, 0.3) is 10.9 Å². The highest BCUT2D eigenvalue weighted by Gasteiger charge is 2.16. The Hall–Kier alpha value is -2.24. The molecule has 1 aromatic heterocycles. The molecule has 0 saturated carbocycles. The fraction of sp³-hybridized carbons (Fsp3) is 0.429. The molecule has 1 heterocycles. The van der Waals surface area contributed by atoms with Crippen LogP contribution in [-0.2, 0) is 6.54 Å². The summed E-state index contributed by atoms with van der Waals surface area (Å²) in [7, 11) is 3.10. The second kappa shape index (κ2) is 5.81. The van der Waals surface area contributed by atoms with Gasteiger partial charge in [0, 0.05) is 6.54 Å². The largest absolute Gasteiger partial charge is 0.493 e. The molecular formula is C14H19N3O3. The monoisotopic (exact) mass is 277 g/mol. The maximum Gasteiger partial charge on any atom is 0.349 e. The van der Waals surface area contributed by atoms with Crippen molar-refractivity contribution in [1.82, 2.24) is 9.55 Å². The number of methoxy groups -OCH3 is 2. The molecule has 2 N–H and O–H groups in total. The van der Waals surface area contributed by atoms with Crippen LogP contribution in [-0.4, -0.2) is 23.8 Å². The SMILES string of the molecule is CCCCn1c(N)c2c(OC)c(OC)ccc2nc1=O. The molecule has 0 fully saturated rings. The molecular weight excluding hydrogens is 258 g/mol. The summed E-state index contributed by atoms with van der Waals surface area (Å²) in [4.78, 5) is 16.1. The predicted molar refractivity (Wildman–Crippen MR) is 78.4 cm³/mol.